The highest BCUT2D eigenvalue weighted by Crippen LogP contribution is 2.42. The van der Waals surface area contributed by atoms with Gasteiger partial charge in [-0.1, -0.05) is 5.16 Å². The molecule has 1 N–H and O–H groups in total. The quantitative estimate of drug-likeness (QED) is 0.894. The Morgan fingerprint density at radius 2 is 2.20 bits per heavy atom. The first-order valence-electron chi connectivity index (χ1n) is 6.97. The van der Waals surface area contributed by atoms with Crippen molar-refractivity contribution in [3.8, 4) is 0 Å². The number of aromatic nitrogens is 1. The Bertz CT molecular complexity index is 564. The lowest BCUT2D eigenvalue weighted by molar-refractivity contribution is -0.155. The number of hydrogen-bond acceptors (Lipinski definition) is 4. The first-order valence-corrected chi connectivity index (χ1v) is 6.97. The molecular formula is C14H19N3O3. The number of piperazine rings is 1. The van der Waals surface area contributed by atoms with Crippen LogP contribution in [-0.2, 0) is 16.1 Å². The van der Waals surface area contributed by atoms with Crippen LogP contribution in [-0.4, -0.2) is 33.5 Å². The minimum atomic E-state index is -0.765. The molecule has 108 valence electrons. The maximum Gasteiger partial charge on any atom is 0.249 e. The Kier molecular flexibility index (Phi) is 2.84. The fourth-order valence-electron chi connectivity index (χ4n) is 2.83. The minimum Gasteiger partial charge on any atom is -0.359 e. The summed E-state index contributed by atoms with van der Waals surface area (Å²) in [5.41, 5.74) is 0.00470. The molecule has 1 aliphatic carbocycles. The lowest BCUT2D eigenvalue weighted by Crippen LogP contribution is -2.69. The average Bonchev–Trinajstić information content (AvgIpc) is 3.17. The molecule has 0 aromatic carbocycles. The standard InChI is InChI=1S/C14H19N3O3/c1-8-6-11(20-16-8)7-17-9(2)12(18)15-14(3,13(17)19)10-4-5-10/h6,9-10H,4-5,7H2,1-3H3,(H,15,18). The molecule has 20 heavy (non-hydrogen) atoms. The minimum absolute atomic E-state index is 0.0267. The summed E-state index contributed by atoms with van der Waals surface area (Å²) in [5.74, 6) is 0.734. The predicted molar refractivity (Wildman–Crippen MR) is 70.5 cm³/mol. The highest BCUT2D eigenvalue weighted by molar-refractivity contribution is 5.99. The highest BCUT2D eigenvalue weighted by Gasteiger charge is 2.54. The van der Waals surface area contributed by atoms with Gasteiger partial charge < -0.3 is 14.7 Å². The Balaban J connectivity index is 1.86. The fourth-order valence-corrected chi connectivity index (χ4v) is 2.83. The molecule has 0 spiro atoms. The third-order valence-corrected chi connectivity index (χ3v) is 4.33. The summed E-state index contributed by atoms with van der Waals surface area (Å²) in [5, 5.41) is 6.72. The van der Waals surface area contributed by atoms with E-state index < -0.39 is 11.6 Å². The number of carbonyl (C=O) groups excluding carboxylic acids is 2. The molecule has 0 bridgehead atoms. The van der Waals surface area contributed by atoms with Crippen LogP contribution in [0.1, 0.15) is 38.1 Å². The Hall–Kier alpha value is -1.85. The van der Waals surface area contributed by atoms with Gasteiger partial charge in [0.15, 0.2) is 5.76 Å². The predicted octanol–water partition coefficient (Wildman–Crippen LogP) is 0.999. The summed E-state index contributed by atoms with van der Waals surface area (Å²) in [6.45, 7) is 5.68. The van der Waals surface area contributed by atoms with E-state index in [1.54, 1.807) is 17.9 Å². The summed E-state index contributed by atoms with van der Waals surface area (Å²) < 4.78 is 5.17. The Labute approximate surface area is 117 Å². The third-order valence-electron chi connectivity index (χ3n) is 4.33. The van der Waals surface area contributed by atoms with Gasteiger partial charge in [0.05, 0.1) is 12.2 Å². The van der Waals surface area contributed by atoms with Crippen molar-refractivity contribution in [1.29, 1.82) is 0 Å². The maximum absolute atomic E-state index is 12.7. The van der Waals surface area contributed by atoms with Crippen molar-refractivity contribution in [2.75, 3.05) is 0 Å². The van der Waals surface area contributed by atoms with Crippen LogP contribution in [0.15, 0.2) is 10.6 Å². The summed E-state index contributed by atoms with van der Waals surface area (Å²) in [7, 11) is 0. The van der Waals surface area contributed by atoms with Gasteiger partial charge in [-0.05, 0) is 39.5 Å². The molecule has 3 rings (SSSR count). The molecule has 1 saturated carbocycles. The first-order chi connectivity index (χ1) is 9.41. The van der Waals surface area contributed by atoms with Crippen LogP contribution in [0.4, 0.5) is 0 Å². The van der Waals surface area contributed by atoms with Crippen LogP contribution in [0.25, 0.3) is 0 Å². The smallest absolute Gasteiger partial charge is 0.249 e. The van der Waals surface area contributed by atoms with Crippen LogP contribution < -0.4 is 5.32 Å². The molecule has 6 nitrogen and oxygen atoms in total. The summed E-state index contributed by atoms with van der Waals surface area (Å²) in [6, 6.07) is 1.31. The molecule has 2 fully saturated rings. The van der Waals surface area contributed by atoms with E-state index in [0.29, 0.717) is 5.76 Å². The number of hydrogen-bond donors (Lipinski definition) is 1. The van der Waals surface area contributed by atoms with E-state index >= 15 is 0 Å². The molecule has 2 aliphatic rings. The van der Waals surface area contributed by atoms with Gasteiger partial charge in [0.2, 0.25) is 11.8 Å². The first kappa shape index (κ1) is 13.1. The zero-order valence-corrected chi connectivity index (χ0v) is 12.0. The van der Waals surface area contributed by atoms with E-state index in [9.17, 15) is 9.59 Å². The van der Waals surface area contributed by atoms with Crippen molar-refractivity contribution < 1.29 is 14.1 Å². The van der Waals surface area contributed by atoms with Crippen LogP contribution in [0.2, 0.25) is 0 Å². The van der Waals surface area contributed by atoms with Crippen molar-refractivity contribution in [3.05, 3.63) is 17.5 Å². The molecule has 2 unspecified atom stereocenters. The van der Waals surface area contributed by atoms with Gasteiger partial charge in [0.1, 0.15) is 11.6 Å². The SMILES string of the molecule is Cc1cc(CN2C(=O)C(C)(C3CC3)NC(=O)C2C)on1. The normalized spacial score (nSPS) is 30.6. The second-order valence-corrected chi connectivity index (χ2v) is 6.01. The summed E-state index contributed by atoms with van der Waals surface area (Å²) in [6.07, 6.45) is 1.98. The van der Waals surface area contributed by atoms with Gasteiger partial charge in [-0.3, -0.25) is 9.59 Å². The fraction of sp³-hybridized carbons (Fsp3) is 0.643. The maximum atomic E-state index is 12.7. The Morgan fingerprint density at radius 1 is 1.50 bits per heavy atom. The Morgan fingerprint density at radius 3 is 2.75 bits per heavy atom. The second-order valence-electron chi connectivity index (χ2n) is 6.01. The molecule has 6 heteroatoms. The van der Waals surface area contributed by atoms with Crippen LogP contribution in [0.3, 0.4) is 0 Å². The van der Waals surface area contributed by atoms with E-state index in [4.69, 9.17) is 4.52 Å². The molecule has 1 saturated heterocycles. The van der Waals surface area contributed by atoms with Crippen molar-refractivity contribution in [2.45, 2.75) is 51.7 Å². The van der Waals surface area contributed by atoms with Gasteiger partial charge in [0.25, 0.3) is 0 Å². The van der Waals surface area contributed by atoms with Crippen LogP contribution >= 0.6 is 0 Å². The average molecular weight is 277 g/mol. The molecule has 1 aliphatic heterocycles. The zero-order valence-electron chi connectivity index (χ0n) is 12.0. The highest BCUT2D eigenvalue weighted by atomic mass is 16.5. The number of carbonyl (C=O) groups is 2. The van der Waals surface area contributed by atoms with E-state index in [1.165, 1.54) is 0 Å². The van der Waals surface area contributed by atoms with Gasteiger partial charge in [-0.25, -0.2) is 0 Å². The number of nitrogens with one attached hydrogen (secondary N) is 1. The van der Waals surface area contributed by atoms with Crippen molar-refractivity contribution >= 4 is 11.8 Å². The molecule has 2 heterocycles. The van der Waals surface area contributed by atoms with Gasteiger partial charge >= 0.3 is 0 Å². The second kappa shape index (κ2) is 4.33. The molecule has 0 radical (unpaired) electrons. The number of rotatable bonds is 3. The molecule has 1 aromatic rings. The van der Waals surface area contributed by atoms with Crippen LogP contribution in [0, 0.1) is 12.8 Å². The van der Waals surface area contributed by atoms with Crippen molar-refractivity contribution in [1.82, 2.24) is 15.4 Å². The molecular weight excluding hydrogens is 258 g/mol. The van der Waals surface area contributed by atoms with E-state index in [0.717, 1.165) is 18.5 Å². The van der Waals surface area contributed by atoms with E-state index in [2.05, 4.69) is 10.5 Å². The zero-order chi connectivity index (χ0) is 14.5. The molecule has 2 atom stereocenters. The van der Waals surface area contributed by atoms with Gasteiger partial charge in [-0.15, -0.1) is 0 Å². The lowest BCUT2D eigenvalue weighted by Gasteiger charge is -2.43. The number of nitrogens with zero attached hydrogens (tertiary/aromatic N) is 2. The third kappa shape index (κ3) is 1.99. The van der Waals surface area contributed by atoms with Crippen LogP contribution in [0.5, 0.6) is 0 Å². The topological polar surface area (TPSA) is 75.4 Å². The van der Waals surface area contributed by atoms with Gasteiger partial charge in [0, 0.05) is 6.07 Å². The van der Waals surface area contributed by atoms with Crippen molar-refractivity contribution in [3.63, 3.8) is 0 Å². The summed E-state index contributed by atoms with van der Waals surface area (Å²) in [4.78, 5) is 26.5. The van der Waals surface area contributed by atoms with E-state index in [-0.39, 0.29) is 24.3 Å². The number of amides is 2. The monoisotopic (exact) mass is 277 g/mol. The lowest BCUT2D eigenvalue weighted by atomic mass is 9.89. The van der Waals surface area contributed by atoms with Crippen molar-refractivity contribution in [2.24, 2.45) is 5.92 Å². The van der Waals surface area contributed by atoms with E-state index in [1.807, 2.05) is 13.8 Å². The molecule has 1 aromatic heterocycles. The van der Waals surface area contributed by atoms with Gasteiger partial charge in [-0.2, -0.15) is 0 Å². The largest absolute Gasteiger partial charge is 0.359 e. The summed E-state index contributed by atoms with van der Waals surface area (Å²) >= 11 is 0. The molecule has 2 amide bonds. The number of aryl methyl sites for hydroxylation is 1.